The second-order valence-corrected chi connectivity index (χ2v) is 10.8. The van der Waals surface area contributed by atoms with E-state index in [9.17, 15) is 13.2 Å². The van der Waals surface area contributed by atoms with E-state index in [1.165, 1.54) is 28.1 Å². The van der Waals surface area contributed by atoms with Gasteiger partial charge in [-0.25, -0.2) is 8.42 Å². The number of likely N-dealkylation sites (tertiary alicyclic amines) is 1. The molecular weight excluding hydrogens is 464 g/mol. The number of piperidine rings is 1. The number of carbonyl (C=O) groups excluding carboxylic acids is 1. The van der Waals surface area contributed by atoms with Gasteiger partial charge in [-0.15, -0.1) is 0 Å². The summed E-state index contributed by atoms with van der Waals surface area (Å²) in [6.07, 6.45) is 2.97. The highest BCUT2D eigenvalue weighted by atomic mass is 35.5. The Morgan fingerprint density at radius 2 is 1.73 bits per heavy atom. The van der Waals surface area contributed by atoms with E-state index < -0.39 is 10.0 Å². The maximum absolute atomic E-state index is 12.8. The smallest absolute Gasteiger partial charge is 0.260 e. The fraction of sp³-hybridized carbons (Fsp3) is 0.458. The molecule has 0 bridgehead atoms. The summed E-state index contributed by atoms with van der Waals surface area (Å²) in [5, 5.41) is 0.165. The summed E-state index contributed by atoms with van der Waals surface area (Å²) in [6.45, 7) is 2.68. The molecule has 0 spiro atoms. The topological polar surface area (TPSA) is 76.2 Å². The lowest BCUT2D eigenvalue weighted by Crippen LogP contribution is -2.41. The standard InChI is InChI=1S/C24H29ClN2O5S/c25-22-17-21(33(29,30)27-12-14-31-15-13-27)6-7-23(22)32-18-24(28)26-10-8-20(9-11-26)16-19-4-2-1-3-5-19/h1-7,17,20H,8-16,18H2. The third kappa shape index (κ3) is 6.06. The van der Waals surface area contributed by atoms with E-state index in [4.69, 9.17) is 21.1 Å². The van der Waals surface area contributed by atoms with E-state index in [1.54, 1.807) is 0 Å². The van der Waals surface area contributed by atoms with Crippen molar-refractivity contribution in [2.45, 2.75) is 24.2 Å². The molecular formula is C24H29ClN2O5S. The number of morpholine rings is 1. The van der Waals surface area contributed by atoms with Crippen LogP contribution in [0.25, 0.3) is 0 Å². The van der Waals surface area contributed by atoms with Crippen LogP contribution in [0.15, 0.2) is 53.4 Å². The second-order valence-electron chi connectivity index (χ2n) is 8.41. The zero-order valence-electron chi connectivity index (χ0n) is 18.5. The summed E-state index contributed by atoms with van der Waals surface area (Å²) < 4.78 is 37.8. The molecule has 2 aromatic carbocycles. The van der Waals surface area contributed by atoms with Crippen molar-refractivity contribution in [1.82, 2.24) is 9.21 Å². The van der Waals surface area contributed by atoms with Crippen LogP contribution in [-0.2, 0) is 26.0 Å². The molecule has 2 heterocycles. The van der Waals surface area contributed by atoms with Gasteiger partial charge < -0.3 is 14.4 Å². The molecule has 0 atom stereocenters. The Morgan fingerprint density at radius 3 is 2.39 bits per heavy atom. The summed E-state index contributed by atoms with van der Waals surface area (Å²) in [4.78, 5) is 14.6. The monoisotopic (exact) mass is 492 g/mol. The van der Waals surface area contributed by atoms with Gasteiger partial charge in [0.2, 0.25) is 10.0 Å². The lowest BCUT2D eigenvalue weighted by Gasteiger charge is -2.32. The molecule has 1 amide bonds. The molecule has 9 heteroatoms. The van der Waals surface area contributed by atoms with Crippen molar-refractivity contribution >= 4 is 27.5 Å². The highest BCUT2D eigenvalue weighted by Gasteiger charge is 2.27. The first-order valence-corrected chi connectivity index (χ1v) is 13.1. The fourth-order valence-corrected chi connectivity index (χ4v) is 5.99. The van der Waals surface area contributed by atoms with E-state index in [2.05, 4.69) is 24.3 Å². The van der Waals surface area contributed by atoms with Crippen molar-refractivity contribution in [1.29, 1.82) is 0 Å². The summed E-state index contributed by atoms with van der Waals surface area (Å²) in [5.74, 6) is 0.784. The first-order valence-electron chi connectivity index (χ1n) is 11.3. The van der Waals surface area contributed by atoms with Crippen LogP contribution in [0.3, 0.4) is 0 Å². The minimum atomic E-state index is -3.64. The summed E-state index contributed by atoms with van der Waals surface area (Å²) in [6, 6.07) is 14.8. The number of hydrogen-bond acceptors (Lipinski definition) is 5. The number of ether oxygens (including phenoxy) is 2. The van der Waals surface area contributed by atoms with Crippen molar-refractivity contribution in [3.05, 3.63) is 59.1 Å². The highest BCUT2D eigenvalue weighted by Crippen LogP contribution is 2.29. The molecule has 2 aromatic rings. The molecule has 178 valence electrons. The van der Waals surface area contributed by atoms with Crippen LogP contribution < -0.4 is 4.74 Å². The van der Waals surface area contributed by atoms with Crippen molar-refractivity contribution in [2.24, 2.45) is 5.92 Å². The SMILES string of the molecule is O=C(COc1ccc(S(=O)(=O)N2CCOCC2)cc1Cl)N1CCC(Cc2ccccc2)CC1. The Hall–Kier alpha value is -2.13. The van der Waals surface area contributed by atoms with Crippen LogP contribution in [-0.4, -0.2) is 69.5 Å². The largest absolute Gasteiger partial charge is 0.482 e. The minimum Gasteiger partial charge on any atom is -0.482 e. The molecule has 0 saturated carbocycles. The van der Waals surface area contributed by atoms with Crippen LogP contribution in [0.2, 0.25) is 5.02 Å². The van der Waals surface area contributed by atoms with Crippen molar-refractivity contribution in [3.63, 3.8) is 0 Å². The fourth-order valence-electron chi connectivity index (χ4n) is 4.26. The molecule has 7 nitrogen and oxygen atoms in total. The van der Waals surface area contributed by atoms with Crippen molar-refractivity contribution in [2.75, 3.05) is 46.0 Å². The van der Waals surface area contributed by atoms with E-state index in [-0.39, 0.29) is 22.4 Å². The van der Waals surface area contributed by atoms with Gasteiger partial charge >= 0.3 is 0 Å². The Kier molecular flexibility index (Phi) is 7.90. The molecule has 4 rings (SSSR count). The lowest BCUT2D eigenvalue weighted by atomic mass is 9.90. The highest BCUT2D eigenvalue weighted by molar-refractivity contribution is 7.89. The van der Waals surface area contributed by atoms with Crippen molar-refractivity contribution in [3.8, 4) is 5.75 Å². The Morgan fingerprint density at radius 1 is 1.03 bits per heavy atom. The van der Waals surface area contributed by atoms with Gasteiger partial charge in [0.25, 0.3) is 5.91 Å². The molecule has 0 N–H and O–H groups in total. The van der Waals surface area contributed by atoms with Gasteiger partial charge in [0.05, 0.1) is 23.1 Å². The number of benzene rings is 2. The maximum atomic E-state index is 12.8. The molecule has 2 fully saturated rings. The second kappa shape index (κ2) is 10.9. The molecule has 2 aliphatic heterocycles. The third-order valence-corrected chi connectivity index (χ3v) is 8.39. The Balaban J connectivity index is 1.28. The maximum Gasteiger partial charge on any atom is 0.260 e. The normalized spacial score (nSPS) is 18.3. The van der Waals surface area contributed by atoms with Gasteiger partial charge in [0.15, 0.2) is 6.61 Å². The van der Waals surface area contributed by atoms with Gasteiger partial charge in [-0.1, -0.05) is 41.9 Å². The van der Waals surface area contributed by atoms with Gasteiger partial charge in [-0.3, -0.25) is 4.79 Å². The number of amides is 1. The number of rotatable bonds is 7. The third-order valence-electron chi connectivity index (χ3n) is 6.20. The number of halogens is 1. The minimum absolute atomic E-state index is 0.0887. The molecule has 0 aromatic heterocycles. The zero-order chi connectivity index (χ0) is 23.3. The summed E-state index contributed by atoms with van der Waals surface area (Å²) >= 11 is 6.28. The van der Waals surface area contributed by atoms with Gasteiger partial charge in [0.1, 0.15) is 5.75 Å². The van der Waals surface area contributed by atoms with E-state index in [0.29, 0.717) is 51.1 Å². The Labute approximate surface area is 200 Å². The molecule has 33 heavy (non-hydrogen) atoms. The molecule has 0 aliphatic carbocycles. The lowest BCUT2D eigenvalue weighted by molar-refractivity contribution is -0.134. The number of hydrogen-bond donors (Lipinski definition) is 0. The first kappa shape index (κ1) is 24.0. The first-order chi connectivity index (χ1) is 15.9. The average molecular weight is 493 g/mol. The average Bonchev–Trinajstić information content (AvgIpc) is 2.84. The van der Waals surface area contributed by atoms with Crippen LogP contribution in [0.5, 0.6) is 5.75 Å². The molecule has 2 saturated heterocycles. The summed E-state index contributed by atoms with van der Waals surface area (Å²) in [5.41, 5.74) is 1.33. The predicted molar refractivity (Wildman–Crippen MR) is 126 cm³/mol. The zero-order valence-corrected chi connectivity index (χ0v) is 20.1. The van der Waals surface area contributed by atoms with E-state index >= 15 is 0 Å². The predicted octanol–water partition coefficient (Wildman–Crippen LogP) is 3.22. The summed E-state index contributed by atoms with van der Waals surface area (Å²) in [7, 11) is -3.64. The van der Waals surface area contributed by atoms with Crippen LogP contribution in [0.1, 0.15) is 18.4 Å². The van der Waals surface area contributed by atoms with Gasteiger partial charge in [0, 0.05) is 26.2 Å². The van der Waals surface area contributed by atoms with Crippen LogP contribution in [0.4, 0.5) is 0 Å². The number of sulfonamides is 1. The number of carbonyl (C=O) groups is 1. The van der Waals surface area contributed by atoms with Gasteiger partial charge in [-0.05, 0) is 48.9 Å². The Bertz CT molecular complexity index is 1050. The van der Waals surface area contributed by atoms with Gasteiger partial charge in [-0.2, -0.15) is 4.31 Å². The quantitative estimate of drug-likeness (QED) is 0.593. The molecule has 2 aliphatic rings. The van der Waals surface area contributed by atoms with E-state index in [0.717, 1.165) is 19.3 Å². The molecule has 0 unspecified atom stereocenters. The molecule has 0 radical (unpaired) electrons. The van der Waals surface area contributed by atoms with Crippen LogP contribution in [0, 0.1) is 5.92 Å². The van der Waals surface area contributed by atoms with Crippen LogP contribution >= 0.6 is 11.6 Å². The van der Waals surface area contributed by atoms with E-state index in [1.807, 2.05) is 11.0 Å². The van der Waals surface area contributed by atoms with Crippen molar-refractivity contribution < 1.29 is 22.7 Å². The number of nitrogens with zero attached hydrogens (tertiary/aromatic N) is 2.